The predicted octanol–water partition coefficient (Wildman–Crippen LogP) is 1.88. The van der Waals surface area contributed by atoms with E-state index in [0.29, 0.717) is 37.2 Å². The van der Waals surface area contributed by atoms with E-state index in [9.17, 15) is 9.70 Å². The maximum atomic E-state index is 11.9. The van der Waals surface area contributed by atoms with Gasteiger partial charge in [-0.05, 0) is 53.4 Å². The average Bonchev–Trinajstić information content (AvgIpc) is 2.36. The summed E-state index contributed by atoms with van der Waals surface area (Å²) in [5.74, 6) is -1.02. The minimum atomic E-state index is -0.744. The molecule has 20 heavy (non-hydrogen) atoms. The van der Waals surface area contributed by atoms with E-state index in [0.717, 1.165) is 0 Å². The molecule has 0 amide bonds. The zero-order valence-electron chi connectivity index (χ0n) is 12.8. The highest BCUT2D eigenvalue weighted by atomic mass is 16.7. The third-order valence-corrected chi connectivity index (χ3v) is 3.61. The molecule has 0 aromatic carbocycles. The highest BCUT2D eigenvalue weighted by Gasteiger charge is 2.34. The van der Waals surface area contributed by atoms with Gasteiger partial charge in [0.25, 0.3) is 4.98 Å². The van der Waals surface area contributed by atoms with Crippen molar-refractivity contribution in [2.75, 3.05) is 6.54 Å². The van der Waals surface area contributed by atoms with E-state index in [-0.39, 0.29) is 17.6 Å². The van der Waals surface area contributed by atoms with Gasteiger partial charge in [0.15, 0.2) is 0 Å². The van der Waals surface area contributed by atoms with Gasteiger partial charge in [0.05, 0.1) is 29.0 Å². The van der Waals surface area contributed by atoms with E-state index in [1.165, 1.54) is 0 Å². The van der Waals surface area contributed by atoms with Gasteiger partial charge in [-0.1, -0.05) is 0 Å². The van der Waals surface area contributed by atoms with Crippen molar-refractivity contribution in [2.45, 2.75) is 65.0 Å². The smallest absolute Gasteiger partial charge is 0.306 e. The summed E-state index contributed by atoms with van der Waals surface area (Å²) in [5.41, 5.74) is 2.11. The summed E-state index contributed by atoms with van der Waals surface area (Å²) >= 11 is 0. The zero-order chi connectivity index (χ0) is 15.3. The maximum Gasteiger partial charge on any atom is 0.306 e. The van der Waals surface area contributed by atoms with Gasteiger partial charge in [-0.2, -0.15) is 0 Å². The highest BCUT2D eigenvalue weighted by molar-refractivity contribution is 5.69. The predicted molar refractivity (Wildman–Crippen MR) is 73.4 cm³/mol. The van der Waals surface area contributed by atoms with Crippen LogP contribution in [0, 0.1) is 10.8 Å². The monoisotopic (exact) mass is 288 g/mol. The first kappa shape index (κ1) is 16.7. The fraction of sp³-hybridized carbons (Fsp3) is 0.923. The van der Waals surface area contributed by atoms with Crippen LogP contribution in [0.4, 0.5) is 0 Å². The van der Waals surface area contributed by atoms with E-state index in [2.05, 4.69) is 5.59 Å². The molecule has 0 unspecified atom stereocenters. The second-order valence-electron chi connectivity index (χ2n) is 6.18. The number of carboxylic acid groups (broad SMARTS) is 1. The van der Waals surface area contributed by atoms with Crippen LogP contribution in [-0.2, 0) is 9.63 Å². The van der Waals surface area contributed by atoms with E-state index >= 15 is 0 Å². The molecular weight excluding hydrogens is 262 g/mol. The van der Waals surface area contributed by atoms with Crippen molar-refractivity contribution < 1.29 is 19.7 Å². The number of carbonyl (C=O) groups is 1. The Morgan fingerprint density at radius 2 is 1.90 bits per heavy atom. The molecule has 1 aliphatic rings. The Morgan fingerprint density at radius 3 is 2.30 bits per heavy atom. The molecule has 0 spiro atoms. The van der Waals surface area contributed by atoms with Gasteiger partial charge in [0.2, 0.25) is 0 Å². The highest BCUT2D eigenvalue weighted by Crippen LogP contribution is 2.25. The van der Waals surface area contributed by atoms with Gasteiger partial charge < -0.3 is 5.11 Å². The van der Waals surface area contributed by atoms with Crippen LogP contribution in [-0.4, -0.2) is 39.3 Å². The summed E-state index contributed by atoms with van der Waals surface area (Å²) in [6, 6.07) is 0. The quantitative estimate of drug-likeness (QED) is 0.573. The number of carboxylic acids is 1. The third kappa shape index (κ3) is 4.63. The number of nitroso groups, excluding NO2 is 1. The lowest BCUT2D eigenvalue weighted by molar-refractivity contribution is -0.801. The lowest BCUT2D eigenvalue weighted by atomic mass is 9.88. The Hall–Kier alpha value is -1.37. The first-order valence-corrected chi connectivity index (χ1v) is 7.14. The van der Waals surface area contributed by atoms with E-state index < -0.39 is 5.97 Å². The molecule has 0 aromatic rings. The fourth-order valence-electron chi connectivity index (χ4n) is 2.47. The second kappa shape index (κ2) is 6.88. The molecule has 0 bridgehead atoms. The van der Waals surface area contributed by atoms with Crippen molar-refractivity contribution in [3.05, 3.63) is 4.91 Å². The summed E-state index contributed by atoms with van der Waals surface area (Å²) in [5, 5.41) is 10.5. The van der Waals surface area contributed by atoms with Gasteiger partial charge in [0.1, 0.15) is 0 Å². The molecule has 1 aliphatic carbocycles. The molecule has 7 nitrogen and oxygen atoms in total. The molecule has 116 valence electrons. The second-order valence-corrected chi connectivity index (χ2v) is 6.18. The topological polar surface area (TPSA) is 81.9 Å². The minimum absolute atomic E-state index is 0.110. The molecule has 0 atom stereocenters. The summed E-state index contributed by atoms with van der Waals surface area (Å²) in [4.78, 5) is 28.8. The molecule has 0 saturated heterocycles. The Morgan fingerprint density at radius 1 is 1.35 bits per heavy atom. The molecule has 0 radical (unpaired) electrons. The fourth-order valence-corrected chi connectivity index (χ4v) is 2.47. The molecule has 1 fully saturated rings. The van der Waals surface area contributed by atoms with Crippen LogP contribution >= 0.6 is 0 Å². The number of nitrogens with one attached hydrogen (secondary N) is 1. The molecular formula is C13H26N3O4+. The maximum absolute atomic E-state index is 11.9. The molecule has 2 N–H and O–H groups in total. The first-order valence-electron chi connectivity index (χ1n) is 7.14. The normalized spacial score (nSPS) is 23.2. The van der Waals surface area contributed by atoms with Crippen molar-refractivity contribution >= 4 is 5.97 Å². The largest absolute Gasteiger partial charge is 0.481 e. The number of aliphatic carboxylic acids is 1. The molecule has 0 heterocycles. The first-order chi connectivity index (χ1) is 9.25. The minimum Gasteiger partial charge on any atom is -0.481 e. The lowest BCUT2D eigenvalue weighted by Crippen LogP contribution is -2.52. The van der Waals surface area contributed by atoms with Crippen molar-refractivity contribution in [1.29, 1.82) is 0 Å². The Balaban J connectivity index is 2.37. The lowest BCUT2D eigenvalue weighted by Gasteiger charge is -2.27. The van der Waals surface area contributed by atoms with Crippen LogP contribution in [0.3, 0.4) is 0 Å². The van der Waals surface area contributed by atoms with Gasteiger partial charge in [-0.3, -0.25) is 4.79 Å². The van der Waals surface area contributed by atoms with Gasteiger partial charge in [-0.15, -0.1) is 5.01 Å². The van der Waals surface area contributed by atoms with Crippen LogP contribution in [0.5, 0.6) is 0 Å². The van der Waals surface area contributed by atoms with Crippen molar-refractivity contribution in [1.82, 2.24) is 10.6 Å². The van der Waals surface area contributed by atoms with Crippen LogP contribution < -0.4 is 5.59 Å². The molecule has 0 aromatic heterocycles. The summed E-state index contributed by atoms with van der Waals surface area (Å²) in [6.07, 6.45) is 2.38. The van der Waals surface area contributed by atoms with Crippen molar-refractivity contribution in [2.24, 2.45) is 5.92 Å². The van der Waals surface area contributed by atoms with Crippen LogP contribution in [0.2, 0.25) is 0 Å². The molecule has 1 rings (SSSR count). The van der Waals surface area contributed by atoms with Gasteiger partial charge in [0, 0.05) is 5.59 Å². The van der Waals surface area contributed by atoms with E-state index in [1.54, 1.807) is 5.01 Å². The zero-order valence-corrected chi connectivity index (χ0v) is 12.8. The number of nitrogens with zero attached hydrogens (tertiary/aromatic N) is 2. The average molecular weight is 288 g/mol. The van der Waals surface area contributed by atoms with Crippen LogP contribution in [0.1, 0.15) is 53.4 Å². The number of hydrazine groups is 2. The SMILES string of the molecule is CCN([N+](=O)NOC1CCC(C(=O)O)CC1)C(C)(C)C. The van der Waals surface area contributed by atoms with Crippen LogP contribution in [0.15, 0.2) is 0 Å². The number of rotatable bonds is 6. The third-order valence-electron chi connectivity index (χ3n) is 3.61. The van der Waals surface area contributed by atoms with Crippen LogP contribution in [0.25, 0.3) is 0 Å². The summed E-state index contributed by atoms with van der Waals surface area (Å²) < 4.78 is 0. The molecule has 0 aliphatic heterocycles. The van der Waals surface area contributed by atoms with Crippen molar-refractivity contribution in [3.63, 3.8) is 0 Å². The van der Waals surface area contributed by atoms with Gasteiger partial charge >= 0.3 is 5.97 Å². The molecule has 1 saturated carbocycles. The summed E-state index contributed by atoms with van der Waals surface area (Å²) in [6.45, 7) is 8.30. The number of hydrogen-bond acceptors (Lipinski definition) is 3. The van der Waals surface area contributed by atoms with E-state index in [1.807, 2.05) is 27.7 Å². The van der Waals surface area contributed by atoms with E-state index in [4.69, 9.17) is 9.94 Å². The van der Waals surface area contributed by atoms with Crippen molar-refractivity contribution in [3.8, 4) is 0 Å². The summed E-state index contributed by atoms with van der Waals surface area (Å²) in [7, 11) is 0. The van der Waals surface area contributed by atoms with Gasteiger partial charge in [-0.25, -0.2) is 4.84 Å². The number of hydrogen-bond donors (Lipinski definition) is 2. The Bertz CT molecular complexity index is 346. The Kier molecular flexibility index (Phi) is 5.74. The standard InChI is InChI=1S/C13H25N3O4/c1-5-15(13(2,3)4)16(19)14-20-11-8-6-10(7-9-11)12(17)18/h10-11H,5-9H2,1-4H3,(H-,14,17,18,19)/p+1. The Labute approximate surface area is 119 Å². The molecule has 7 heteroatoms.